The van der Waals surface area contributed by atoms with E-state index in [0.29, 0.717) is 11.3 Å². The van der Waals surface area contributed by atoms with Gasteiger partial charge in [0.15, 0.2) is 5.76 Å². The van der Waals surface area contributed by atoms with Gasteiger partial charge in [0.1, 0.15) is 17.1 Å². The Labute approximate surface area is 219 Å². The first-order chi connectivity index (χ1) is 18.2. The fraction of sp³-hybridized carbons (Fsp3) is 0.185. The average Bonchev–Trinajstić information content (AvgIpc) is 3.31. The number of tetrazole rings is 1. The summed E-state index contributed by atoms with van der Waals surface area (Å²) in [6.07, 6.45) is 0.897. The molecule has 0 bridgehead atoms. The van der Waals surface area contributed by atoms with Gasteiger partial charge in [0.2, 0.25) is 0 Å². The summed E-state index contributed by atoms with van der Waals surface area (Å²) in [4.78, 5) is 38.0. The zero-order chi connectivity index (χ0) is 27.1. The number of nitrogens with one attached hydrogen (secondary N) is 1. The SMILES string of the molecule is Cn1nnnc1NO/C(=C\c1ccccc1)c1cccc(N(C(=O)OC(C)(C)C)C(=O)c2ccccc2)n1. The molecule has 0 unspecified atom stereocenters. The molecule has 0 radical (unpaired) electrons. The first-order valence-electron chi connectivity index (χ1n) is 11.7. The minimum Gasteiger partial charge on any atom is -0.443 e. The second kappa shape index (κ2) is 11.3. The minimum atomic E-state index is -0.853. The molecule has 194 valence electrons. The Balaban J connectivity index is 1.74. The van der Waals surface area contributed by atoms with E-state index in [1.807, 2.05) is 30.3 Å². The lowest BCUT2D eigenvalue weighted by Crippen LogP contribution is -2.41. The lowest BCUT2D eigenvalue weighted by atomic mass is 10.1. The van der Waals surface area contributed by atoms with Crippen LogP contribution in [0.4, 0.5) is 16.6 Å². The summed E-state index contributed by atoms with van der Waals surface area (Å²) in [6, 6.07) is 22.8. The van der Waals surface area contributed by atoms with Gasteiger partial charge in [-0.05, 0) is 67.1 Å². The van der Waals surface area contributed by atoms with Crippen LogP contribution in [-0.4, -0.2) is 42.8 Å². The van der Waals surface area contributed by atoms with E-state index in [1.54, 1.807) is 82.4 Å². The highest BCUT2D eigenvalue weighted by Crippen LogP contribution is 2.24. The van der Waals surface area contributed by atoms with Crippen molar-refractivity contribution < 1.29 is 19.2 Å². The minimum absolute atomic E-state index is 0.0634. The summed E-state index contributed by atoms with van der Waals surface area (Å²) < 4.78 is 6.94. The molecule has 4 rings (SSSR count). The molecule has 2 aromatic heterocycles. The highest BCUT2D eigenvalue weighted by molar-refractivity contribution is 6.18. The molecule has 1 N–H and O–H groups in total. The van der Waals surface area contributed by atoms with Crippen LogP contribution < -0.4 is 10.4 Å². The summed E-state index contributed by atoms with van der Waals surface area (Å²) in [5.41, 5.74) is 3.35. The number of hydrogen-bond donors (Lipinski definition) is 1. The maximum absolute atomic E-state index is 13.5. The van der Waals surface area contributed by atoms with Gasteiger partial charge in [-0.2, -0.15) is 10.4 Å². The van der Waals surface area contributed by atoms with Crippen LogP contribution in [0, 0.1) is 0 Å². The molecule has 2 aromatic carbocycles. The number of benzene rings is 2. The third-order valence-corrected chi connectivity index (χ3v) is 4.99. The first kappa shape index (κ1) is 26.0. The van der Waals surface area contributed by atoms with Gasteiger partial charge >= 0.3 is 6.09 Å². The predicted molar refractivity (Wildman–Crippen MR) is 142 cm³/mol. The van der Waals surface area contributed by atoms with Crippen molar-refractivity contribution in [1.29, 1.82) is 0 Å². The van der Waals surface area contributed by atoms with E-state index in [2.05, 4.69) is 26.0 Å². The van der Waals surface area contributed by atoms with Gasteiger partial charge in [-0.1, -0.05) is 59.7 Å². The Morgan fingerprint density at radius 1 is 0.947 bits per heavy atom. The number of hydrogen-bond acceptors (Lipinski definition) is 9. The maximum atomic E-state index is 13.5. The number of imide groups is 1. The number of pyridine rings is 1. The molecule has 0 aliphatic heterocycles. The lowest BCUT2D eigenvalue weighted by Gasteiger charge is -2.26. The van der Waals surface area contributed by atoms with Crippen LogP contribution in [0.15, 0.2) is 78.9 Å². The van der Waals surface area contributed by atoms with Crippen LogP contribution >= 0.6 is 0 Å². The lowest BCUT2D eigenvalue weighted by molar-refractivity contribution is 0.0563. The van der Waals surface area contributed by atoms with Crippen molar-refractivity contribution in [3.8, 4) is 0 Å². The van der Waals surface area contributed by atoms with E-state index in [0.717, 1.165) is 10.5 Å². The number of nitrogens with zero attached hydrogens (tertiary/aromatic N) is 6. The Morgan fingerprint density at radius 3 is 2.26 bits per heavy atom. The summed E-state index contributed by atoms with van der Waals surface area (Å²) in [5, 5.41) is 11.2. The smallest absolute Gasteiger partial charge is 0.423 e. The molecule has 0 atom stereocenters. The number of amides is 2. The molecule has 0 saturated heterocycles. The van der Waals surface area contributed by atoms with E-state index in [9.17, 15) is 9.59 Å². The Kier molecular flexibility index (Phi) is 7.76. The van der Waals surface area contributed by atoms with Gasteiger partial charge in [-0.15, -0.1) is 0 Å². The zero-order valence-electron chi connectivity index (χ0n) is 21.4. The Hall–Kier alpha value is -5.06. The molecule has 0 aliphatic rings. The summed E-state index contributed by atoms with van der Waals surface area (Å²) in [6.45, 7) is 5.17. The van der Waals surface area contributed by atoms with Crippen LogP contribution in [0.2, 0.25) is 0 Å². The highest BCUT2D eigenvalue weighted by Gasteiger charge is 2.31. The largest absolute Gasteiger partial charge is 0.443 e. The number of aromatic nitrogens is 5. The fourth-order valence-corrected chi connectivity index (χ4v) is 3.26. The average molecular weight is 514 g/mol. The molecule has 11 nitrogen and oxygen atoms in total. The Morgan fingerprint density at radius 2 is 1.63 bits per heavy atom. The van der Waals surface area contributed by atoms with Crippen molar-refractivity contribution in [1.82, 2.24) is 25.2 Å². The maximum Gasteiger partial charge on any atom is 0.423 e. The third-order valence-electron chi connectivity index (χ3n) is 4.99. The fourth-order valence-electron chi connectivity index (χ4n) is 3.26. The van der Waals surface area contributed by atoms with E-state index in [4.69, 9.17) is 9.57 Å². The first-order valence-corrected chi connectivity index (χ1v) is 11.7. The van der Waals surface area contributed by atoms with E-state index in [-0.39, 0.29) is 17.5 Å². The number of ether oxygens (including phenoxy) is 1. The van der Waals surface area contributed by atoms with Crippen molar-refractivity contribution >= 4 is 35.6 Å². The summed E-state index contributed by atoms with van der Waals surface area (Å²) in [5.74, 6) is 0.0304. The number of carbonyl (C=O) groups excluding carboxylic acids is 2. The third kappa shape index (κ3) is 6.58. The monoisotopic (exact) mass is 513 g/mol. The molecule has 11 heteroatoms. The number of carbonyl (C=O) groups is 2. The van der Waals surface area contributed by atoms with Crippen molar-refractivity contribution in [3.05, 3.63) is 95.7 Å². The van der Waals surface area contributed by atoms with E-state index >= 15 is 0 Å². The summed E-state index contributed by atoms with van der Waals surface area (Å²) in [7, 11) is 1.65. The molecule has 0 fully saturated rings. The van der Waals surface area contributed by atoms with Crippen LogP contribution in [0.1, 0.15) is 42.4 Å². The van der Waals surface area contributed by atoms with E-state index in [1.165, 1.54) is 4.68 Å². The summed E-state index contributed by atoms with van der Waals surface area (Å²) >= 11 is 0. The highest BCUT2D eigenvalue weighted by atomic mass is 16.7. The molecule has 4 aromatic rings. The Bertz CT molecular complexity index is 1430. The molecule has 0 spiro atoms. The van der Waals surface area contributed by atoms with E-state index < -0.39 is 17.6 Å². The van der Waals surface area contributed by atoms with Gasteiger partial charge < -0.3 is 9.57 Å². The molecule has 38 heavy (non-hydrogen) atoms. The van der Waals surface area contributed by atoms with Gasteiger partial charge in [0, 0.05) is 12.6 Å². The molecule has 2 heterocycles. The zero-order valence-corrected chi connectivity index (χ0v) is 21.4. The van der Waals surface area contributed by atoms with Crippen molar-refractivity contribution in [2.24, 2.45) is 7.05 Å². The normalized spacial score (nSPS) is 11.5. The van der Waals surface area contributed by atoms with Crippen molar-refractivity contribution in [2.75, 3.05) is 10.4 Å². The van der Waals surface area contributed by atoms with Crippen LogP contribution in [0.3, 0.4) is 0 Å². The molecule has 2 amide bonds. The quantitative estimate of drug-likeness (QED) is 0.276. The van der Waals surface area contributed by atoms with Gasteiger partial charge in [0.25, 0.3) is 11.9 Å². The molecular weight excluding hydrogens is 486 g/mol. The van der Waals surface area contributed by atoms with Crippen LogP contribution in [-0.2, 0) is 16.6 Å². The van der Waals surface area contributed by atoms with Crippen molar-refractivity contribution in [3.63, 3.8) is 0 Å². The standard InChI is InChI=1S/C27H27N7O4/c1-27(2,3)37-26(36)34(24(35)20-14-9-6-10-15-20)23-17-11-16-21(28-23)22(18-19-12-7-5-8-13-19)38-30-25-29-31-32-33(25)4/h5-18H,1-4H3,(H,29,30,32)/b22-18-. The van der Waals surface area contributed by atoms with Gasteiger partial charge in [-0.25, -0.2) is 14.5 Å². The molecule has 0 saturated carbocycles. The van der Waals surface area contributed by atoms with Crippen LogP contribution in [0.5, 0.6) is 0 Å². The predicted octanol–water partition coefficient (Wildman–Crippen LogP) is 4.73. The number of rotatable bonds is 7. The second-order valence-electron chi connectivity index (χ2n) is 9.12. The number of anilines is 2. The van der Waals surface area contributed by atoms with Crippen molar-refractivity contribution in [2.45, 2.75) is 26.4 Å². The number of aryl methyl sites for hydroxylation is 1. The molecular formula is C27H27N7O4. The van der Waals surface area contributed by atoms with Crippen LogP contribution in [0.25, 0.3) is 11.8 Å². The topological polar surface area (TPSA) is 124 Å². The van der Waals surface area contributed by atoms with Gasteiger partial charge in [0.05, 0.1) is 0 Å². The second-order valence-corrected chi connectivity index (χ2v) is 9.12. The van der Waals surface area contributed by atoms with Gasteiger partial charge in [-0.3, -0.25) is 4.79 Å². The molecule has 0 aliphatic carbocycles.